The molecule has 1 heterocycles. The molecule has 1 aliphatic rings. The molecule has 0 unspecified atom stereocenters. The maximum Gasteiger partial charge on any atom is 0.232 e. The van der Waals surface area contributed by atoms with Crippen molar-refractivity contribution in [2.24, 2.45) is 5.92 Å². The lowest BCUT2D eigenvalue weighted by molar-refractivity contribution is -0.128. The van der Waals surface area contributed by atoms with Gasteiger partial charge in [0.2, 0.25) is 5.91 Å². The lowest BCUT2D eigenvalue weighted by atomic mass is 10.2. The van der Waals surface area contributed by atoms with Crippen molar-refractivity contribution in [2.75, 3.05) is 24.6 Å². The molecule has 64 valence electrons. The molecule has 0 atom stereocenters. The van der Waals surface area contributed by atoms with Crippen LogP contribution in [0.3, 0.4) is 0 Å². The van der Waals surface area contributed by atoms with Crippen molar-refractivity contribution in [3.8, 4) is 0 Å². The average Bonchev–Trinajstić information content (AvgIpc) is 1.93. The van der Waals surface area contributed by atoms with Gasteiger partial charge in [0, 0.05) is 18.8 Å². The molecule has 1 amide bonds. The van der Waals surface area contributed by atoms with Crippen LogP contribution < -0.4 is 0 Å². The summed E-state index contributed by atoms with van der Waals surface area (Å²) < 4.78 is 0. The number of hydrogen-bond acceptors (Lipinski definition) is 2. The second-order valence-electron chi connectivity index (χ2n) is 3.29. The number of rotatable bonds is 2. The van der Waals surface area contributed by atoms with E-state index in [0.717, 1.165) is 18.8 Å². The zero-order chi connectivity index (χ0) is 8.27. The summed E-state index contributed by atoms with van der Waals surface area (Å²) in [7, 11) is 0. The Bertz CT molecular complexity index is 147. The number of carbonyl (C=O) groups excluding carboxylic acids is 1. The molecular formula is C8H15NOS. The third-order valence-electron chi connectivity index (χ3n) is 1.67. The summed E-state index contributed by atoms with van der Waals surface area (Å²) in [6.07, 6.45) is 0. The van der Waals surface area contributed by atoms with Crippen LogP contribution >= 0.6 is 11.8 Å². The summed E-state index contributed by atoms with van der Waals surface area (Å²) in [5, 5.41) is 0. The molecule has 0 aromatic carbocycles. The van der Waals surface area contributed by atoms with Crippen molar-refractivity contribution in [1.82, 2.24) is 4.90 Å². The van der Waals surface area contributed by atoms with Gasteiger partial charge in [-0.3, -0.25) is 4.79 Å². The maximum atomic E-state index is 11.2. The fourth-order valence-electron chi connectivity index (χ4n) is 1.18. The molecule has 0 bridgehead atoms. The lowest BCUT2D eigenvalue weighted by Crippen LogP contribution is -2.40. The van der Waals surface area contributed by atoms with Crippen LogP contribution in [0.5, 0.6) is 0 Å². The quantitative estimate of drug-likeness (QED) is 0.626. The van der Waals surface area contributed by atoms with E-state index in [-0.39, 0.29) is 0 Å². The smallest absolute Gasteiger partial charge is 0.232 e. The van der Waals surface area contributed by atoms with E-state index in [1.54, 1.807) is 11.8 Å². The van der Waals surface area contributed by atoms with Crippen LogP contribution in [0.2, 0.25) is 0 Å². The van der Waals surface area contributed by atoms with Gasteiger partial charge in [0.05, 0.1) is 5.75 Å². The van der Waals surface area contributed by atoms with E-state index < -0.39 is 0 Å². The summed E-state index contributed by atoms with van der Waals surface area (Å²) in [4.78, 5) is 13.2. The van der Waals surface area contributed by atoms with Gasteiger partial charge in [-0.15, -0.1) is 0 Å². The Balaban J connectivity index is 2.36. The molecule has 3 heteroatoms. The molecule has 1 rings (SSSR count). The maximum absolute atomic E-state index is 11.2. The van der Waals surface area contributed by atoms with Gasteiger partial charge < -0.3 is 4.90 Å². The molecule has 0 N–H and O–H groups in total. The van der Waals surface area contributed by atoms with Crippen molar-refractivity contribution >= 4 is 17.7 Å². The Morgan fingerprint density at radius 1 is 1.64 bits per heavy atom. The number of thioether (sulfide) groups is 1. The minimum absolute atomic E-state index is 0.315. The molecule has 0 aliphatic carbocycles. The van der Waals surface area contributed by atoms with Crippen LogP contribution in [-0.4, -0.2) is 35.4 Å². The first-order chi connectivity index (χ1) is 5.20. The molecule has 0 saturated carbocycles. The summed E-state index contributed by atoms with van der Waals surface area (Å²) in [6, 6.07) is 0. The molecule has 1 fully saturated rings. The van der Waals surface area contributed by atoms with Crippen molar-refractivity contribution in [3.63, 3.8) is 0 Å². The molecule has 2 nitrogen and oxygen atoms in total. The van der Waals surface area contributed by atoms with Gasteiger partial charge in [-0.2, -0.15) is 11.8 Å². The number of hydrogen-bond donors (Lipinski definition) is 0. The van der Waals surface area contributed by atoms with Crippen LogP contribution in [0.1, 0.15) is 13.8 Å². The summed E-state index contributed by atoms with van der Waals surface area (Å²) in [5.41, 5.74) is 0. The Kier molecular flexibility index (Phi) is 3.24. The van der Waals surface area contributed by atoms with E-state index in [1.165, 1.54) is 0 Å². The third-order valence-corrected chi connectivity index (χ3v) is 2.59. The van der Waals surface area contributed by atoms with E-state index >= 15 is 0 Å². The first-order valence-corrected chi connectivity index (χ1v) is 5.21. The molecule has 11 heavy (non-hydrogen) atoms. The predicted octanol–water partition coefficient (Wildman–Crippen LogP) is 1.22. The van der Waals surface area contributed by atoms with Crippen LogP contribution in [0.15, 0.2) is 0 Å². The van der Waals surface area contributed by atoms with Crippen LogP contribution in [0.25, 0.3) is 0 Å². The normalized spacial score (nSPS) is 19.5. The highest BCUT2D eigenvalue weighted by Gasteiger charge is 2.18. The molecule has 0 spiro atoms. The molecule has 0 aromatic rings. The standard InChI is InChI=1S/C8H15NOS/c1-7(2)5-9-3-4-11-6-8(9)10/h7H,3-6H2,1-2H3. The van der Waals surface area contributed by atoms with Gasteiger partial charge in [0.15, 0.2) is 0 Å². The molecule has 1 aliphatic heterocycles. The number of nitrogens with zero attached hydrogens (tertiary/aromatic N) is 1. The molecular weight excluding hydrogens is 158 g/mol. The summed E-state index contributed by atoms with van der Waals surface area (Å²) in [6.45, 7) is 6.17. The first-order valence-electron chi connectivity index (χ1n) is 4.05. The van der Waals surface area contributed by atoms with Gasteiger partial charge in [-0.05, 0) is 5.92 Å². The van der Waals surface area contributed by atoms with Crippen molar-refractivity contribution in [2.45, 2.75) is 13.8 Å². The molecule has 0 radical (unpaired) electrons. The highest BCUT2D eigenvalue weighted by Crippen LogP contribution is 2.11. The number of amides is 1. The topological polar surface area (TPSA) is 20.3 Å². The van der Waals surface area contributed by atoms with Crippen LogP contribution in [0, 0.1) is 5.92 Å². The fraction of sp³-hybridized carbons (Fsp3) is 0.875. The number of carbonyl (C=O) groups is 1. The highest BCUT2D eigenvalue weighted by atomic mass is 32.2. The van der Waals surface area contributed by atoms with Gasteiger partial charge in [0.25, 0.3) is 0 Å². The Morgan fingerprint density at radius 3 is 2.91 bits per heavy atom. The minimum Gasteiger partial charge on any atom is -0.341 e. The Morgan fingerprint density at radius 2 is 2.36 bits per heavy atom. The van der Waals surface area contributed by atoms with Gasteiger partial charge >= 0.3 is 0 Å². The van der Waals surface area contributed by atoms with Crippen LogP contribution in [0.4, 0.5) is 0 Å². The summed E-state index contributed by atoms with van der Waals surface area (Å²) >= 11 is 1.74. The van der Waals surface area contributed by atoms with Crippen molar-refractivity contribution in [3.05, 3.63) is 0 Å². The van der Waals surface area contributed by atoms with Gasteiger partial charge in [0.1, 0.15) is 0 Å². The Labute approximate surface area is 72.3 Å². The highest BCUT2D eigenvalue weighted by molar-refractivity contribution is 8.00. The molecule has 1 saturated heterocycles. The summed E-state index contributed by atoms with van der Waals surface area (Å²) in [5.74, 6) is 2.71. The monoisotopic (exact) mass is 173 g/mol. The largest absolute Gasteiger partial charge is 0.341 e. The van der Waals surface area contributed by atoms with E-state index in [4.69, 9.17) is 0 Å². The van der Waals surface area contributed by atoms with Crippen molar-refractivity contribution in [1.29, 1.82) is 0 Å². The zero-order valence-electron chi connectivity index (χ0n) is 7.17. The van der Waals surface area contributed by atoms with E-state index in [1.807, 2.05) is 4.90 Å². The lowest BCUT2D eigenvalue weighted by Gasteiger charge is -2.27. The van der Waals surface area contributed by atoms with E-state index in [9.17, 15) is 4.79 Å². The second kappa shape index (κ2) is 4.00. The third kappa shape index (κ3) is 2.73. The Hall–Kier alpha value is -0.180. The van der Waals surface area contributed by atoms with Crippen LogP contribution in [-0.2, 0) is 4.79 Å². The predicted molar refractivity (Wildman–Crippen MR) is 48.7 cm³/mol. The fourth-order valence-corrected chi connectivity index (χ4v) is 2.04. The van der Waals surface area contributed by atoms with Gasteiger partial charge in [-0.1, -0.05) is 13.8 Å². The van der Waals surface area contributed by atoms with E-state index in [2.05, 4.69) is 13.8 Å². The minimum atomic E-state index is 0.315. The molecule has 0 aromatic heterocycles. The van der Waals surface area contributed by atoms with Gasteiger partial charge in [-0.25, -0.2) is 0 Å². The SMILES string of the molecule is CC(C)CN1CCSCC1=O. The zero-order valence-corrected chi connectivity index (χ0v) is 7.99. The van der Waals surface area contributed by atoms with E-state index in [0.29, 0.717) is 17.6 Å². The first kappa shape index (κ1) is 8.91. The van der Waals surface area contributed by atoms with Crippen molar-refractivity contribution < 1.29 is 4.79 Å². The average molecular weight is 173 g/mol. The second-order valence-corrected chi connectivity index (χ2v) is 4.39.